The number of phenols is 1. The molecule has 0 aliphatic rings. The highest BCUT2D eigenvalue weighted by molar-refractivity contribution is 5.90. The summed E-state index contributed by atoms with van der Waals surface area (Å²) in [4.78, 5) is 25.0. The van der Waals surface area contributed by atoms with Crippen molar-refractivity contribution in [2.45, 2.75) is 39.3 Å². The second-order valence-electron chi connectivity index (χ2n) is 6.99. The fourth-order valence-electron chi connectivity index (χ4n) is 2.34. The van der Waals surface area contributed by atoms with E-state index in [-0.39, 0.29) is 17.2 Å². The Morgan fingerprint density at radius 1 is 1.26 bits per heavy atom. The van der Waals surface area contributed by atoms with Gasteiger partial charge in [0.15, 0.2) is 0 Å². The Balaban J connectivity index is 2.16. The van der Waals surface area contributed by atoms with Crippen molar-refractivity contribution >= 4 is 23.0 Å². The van der Waals surface area contributed by atoms with Crippen LogP contribution in [0.25, 0.3) is 10.9 Å². The number of aromatic nitrogens is 1. The van der Waals surface area contributed by atoms with E-state index < -0.39 is 25.0 Å². The van der Waals surface area contributed by atoms with Crippen molar-refractivity contribution in [3.8, 4) is 11.6 Å². The van der Waals surface area contributed by atoms with E-state index >= 15 is 0 Å². The van der Waals surface area contributed by atoms with Gasteiger partial charge in [0, 0.05) is 30.5 Å². The van der Waals surface area contributed by atoms with Crippen LogP contribution in [0.5, 0.6) is 11.6 Å². The van der Waals surface area contributed by atoms with Crippen molar-refractivity contribution in [3.63, 3.8) is 0 Å². The van der Waals surface area contributed by atoms with Gasteiger partial charge in [-0.3, -0.25) is 4.79 Å². The highest BCUT2D eigenvalue weighted by atomic mass is 16.8. The molecule has 0 spiro atoms. The van der Waals surface area contributed by atoms with Crippen LogP contribution < -0.4 is 10.1 Å². The van der Waals surface area contributed by atoms with Gasteiger partial charge in [0.25, 0.3) is 0 Å². The molecule has 0 saturated carbocycles. The fourth-order valence-corrected chi connectivity index (χ4v) is 2.34. The lowest BCUT2D eigenvalue weighted by molar-refractivity contribution is -0.149. The summed E-state index contributed by atoms with van der Waals surface area (Å²) in [5.74, 6) is -0.648. The lowest BCUT2D eigenvalue weighted by Gasteiger charge is -2.23. The summed E-state index contributed by atoms with van der Waals surface area (Å²) in [5, 5.41) is 24.2. The second-order valence-corrected chi connectivity index (χ2v) is 6.99. The van der Waals surface area contributed by atoms with Crippen molar-refractivity contribution < 1.29 is 34.0 Å². The fraction of sp³-hybridized carbons (Fsp3) is 0.444. The zero-order chi connectivity index (χ0) is 20.2. The standard InChI is InChI=1S/C18H24N2O7/c1-10(21)25-9-26-17(24)27-15-7-12-11(5-6-13(22)16(12)20-15)14(23)8-19-18(2,3)4/h5-7,14,19-20,22-23H,8-9H2,1-4H3. The molecule has 0 fully saturated rings. The molecule has 2 rings (SSSR count). The predicted octanol–water partition coefficient (Wildman–Crippen LogP) is 2.33. The van der Waals surface area contributed by atoms with E-state index in [0.717, 1.165) is 0 Å². The Kier molecular flexibility index (Phi) is 6.29. The van der Waals surface area contributed by atoms with Crippen LogP contribution in [0.3, 0.4) is 0 Å². The Bertz CT molecular complexity index is 823. The molecule has 0 saturated heterocycles. The molecule has 1 aromatic heterocycles. The van der Waals surface area contributed by atoms with E-state index in [4.69, 9.17) is 4.74 Å². The molecule has 4 N–H and O–H groups in total. The number of aliphatic hydroxyl groups is 1. The number of nitrogens with one attached hydrogen (secondary N) is 2. The number of hydrogen-bond acceptors (Lipinski definition) is 8. The number of benzene rings is 1. The Hall–Kier alpha value is -2.78. The molecule has 2 aromatic rings. The van der Waals surface area contributed by atoms with Gasteiger partial charge in [0.05, 0.1) is 11.6 Å². The Morgan fingerprint density at radius 3 is 2.59 bits per heavy atom. The zero-order valence-electron chi connectivity index (χ0n) is 15.7. The number of aromatic amines is 1. The molecule has 27 heavy (non-hydrogen) atoms. The predicted molar refractivity (Wildman–Crippen MR) is 96.4 cm³/mol. The van der Waals surface area contributed by atoms with Crippen LogP contribution in [0, 0.1) is 0 Å². The van der Waals surface area contributed by atoms with Crippen LogP contribution in [-0.4, -0.2) is 46.2 Å². The lowest BCUT2D eigenvalue weighted by Crippen LogP contribution is -2.38. The third-order valence-electron chi connectivity index (χ3n) is 3.60. The van der Waals surface area contributed by atoms with Gasteiger partial charge in [0.2, 0.25) is 12.7 Å². The normalized spacial score (nSPS) is 12.6. The molecule has 0 radical (unpaired) electrons. The summed E-state index contributed by atoms with van der Waals surface area (Å²) in [6, 6.07) is 4.51. The molecule has 1 unspecified atom stereocenters. The largest absolute Gasteiger partial charge is 0.518 e. The summed E-state index contributed by atoms with van der Waals surface area (Å²) in [7, 11) is 0. The van der Waals surface area contributed by atoms with Crippen molar-refractivity contribution in [2.24, 2.45) is 0 Å². The average Bonchev–Trinajstić information content (AvgIpc) is 2.96. The van der Waals surface area contributed by atoms with Crippen molar-refractivity contribution in [1.82, 2.24) is 10.3 Å². The minimum absolute atomic E-state index is 0.0107. The summed E-state index contributed by atoms with van der Waals surface area (Å²) in [5.41, 5.74) is 0.693. The van der Waals surface area contributed by atoms with E-state index in [0.29, 0.717) is 23.0 Å². The highest BCUT2D eigenvalue weighted by Gasteiger charge is 2.19. The number of ether oxygens (including phenoxy) is 3. The van der Waals surface area contributed by atoms with E-state index in [2.05, 4.69) is 19.8 Å². The Morgan fingerprint density at radius 2 is 1.96 bits per heavy atom. The average molecular weight is 380 g/mol. The number of esters is 1. The number of aromatic hydroxyl groups is 1. The highest BCUT2D eigenvalue weighted by Crippen LogP contribution is 2.33. The number of phenolic OH excluding ortho intramolecular Hbond substituents is 1. The van der Waals surface area contributed by atoms with Gasteiger partial charge in [-0.05, 0) is 32.4 Å². The van der Waals surface area contributed by atoms with Gasteiger partial charge in [-0.1, -0.05) is 6.07 Å². The van der Waals surface area contributed by atoms with Crippen LogP contribution in [-0.2, 0) is 14.3 Å². The molecule has 1 heterocycles. The van der Waals surface area contributed by atoms with E-state index in [1.807, 2.05) is 20.8 Å². The maximum absolute atomic E-state index is 11.6. The second kappa shape index (κ2) is 8.28. The third kappa shape index (κ3) is 5.87. The van der Waals surface area contributed by atoms with Crippen molar-refractivity contribution in [1.29, 1.82) is 0 Å². The first-order valence-electron chi connectivity index (χ1n) is 8.32. The van der Waals surface area contributed by atoms with Gasteiger partial charge in [-0.25, -0.2) is 4.79 Å². The van der Waals surface area contributed by atoms with Gasteiger partial charge >= 0.3 is 12.1 Å². The molecule has 9 heteroatoms. The topological polar surface area (TPSA) is 130 Å². The van der Waals surface area contributed by atoms with Crippen LogP contribution in [0.2, 0.25) is 0 Å². The minimum atomic E-state index is -1.08. The molecule has 148 valence electrons. The van der Waals surface area contributed by atoms with E-state index in [9.17, 15) is 19.8 Å². The number of aliphatic hydroxyl groups excluding tert-OH is 1. The van der Waals surface area contributed by atoms with Crippen molar-refractivity contribution in [3.05, 3.63) is 23.8 Å². The minimum Gasteiger partial charge on any atom is -0.506 e. The van der Waals surface area contributed by atoms with Gasteiger partial charge in [-0.15, -0.1) is 0 Å². The maximum atomic E-state index is 11.6. The number of H-pyrrole nitrogens is 1. The van der Waals surface area contributed by atoms with Gasteiger partial charge in [-0.2, -0.15) is 0 Å². The van der Waals surface area contributed by atoms with Crippen LogP contribution >= 0.6 is 0 Å². The molecule has 0 aliphatic heterocycles. The van der Waals surface area contributed by atoms with Crippen LogP contribution in [0.15, 0.2) is 18.2 Å². The molecule has 0 bridgehead atoms. The molecule has 0 amide bonds. The molecule has 1 atom stereocenters. The molecular weight excluding hydrogens is 356 g/mol. The number of carbonyl (C=O) groups is 2. The first-order chi connectivity index (χ1) is 12.6. The SMILES string of the molecule is CC(=O)OCOC(=O)Oc1cc2c(C(O)CNC(C)(C)C)ccc(O)c2[nH]1. The summed E-state index contributed by atoms with van der Waals surface area (Å²) >= 11 is 0. The number of carbonyl (C=O) groups excluding carboxylic acids is 2. The van der Waals surface area contributed by atoms with Crippen LogP contribution in [0.1, 0.15) is 39.4 Å². The number of rotatable bonds is 6. The van der Waals surface area contributed by atoms with E-state index in [1.165, 1.54) is 19.1 Å². The monoisotopic (exact) mass is 380 g/mol. The first-order valence-corrected chi connectivity index (χ1v) is 8.32. The van der Waals surface area contributed by atoms with Crippen molar-refractivity contribution in [2.75, 3.05) is 13.3 Å². The van der Waals surface area contributed by atoms with Crippen LogP contribution in [0.4, 0.5) is 4.79 Å². The Labute approximate surface area is 156 Å². The number of hydrogen-bond donors (Lipinski definition) is 4. The molecule has 9 nitrogen and oxygen atoms in total. The quantitative estimate of drug-likeness (QED) is 0.444. The maximum Gasteiger partial charge on any atom is 0.518 e. The first kappa shape index (κ1) is 20.5. The summed E-state index contributed by atoms with van der Waals surface area (Å²) in [6.07, 6.45) is -1.93. The molecule has 1 aromatic carbocycles. The lowest BCUT2D eigenvalue weighted by atomic mass is 10.0. The number of β-amino-alcohol motifs (C(OH)–C–C–N with tert-alkyl or cyclic N) is 1. The zero-order valence-corrected chi connectivity index (χ0v) is 15.7. The number of fused-ring (bicyclic) bond motifs is 1. The third-order valence-corrected chi connectivity index (χ3v) is 3.60. The summed E-state index contributed by atoms with van der Waals surface area (Å²) < 4.78 is 14.0. The summed E-state index contributed by atoms with van der Waals surface area (Å²) in [6.45, 7) is 6.86. The molecular formula is C18H24N2O7. The van der Waals surface area contributed by atoms with Gasteiger partial charge in [0.1, 0.15) is 5.75 Å². The molecule has 0 aliphatic carbocycles. The van der Waals surface area contributed by atoms with Gasteiger partial charge < -0.3 is 34.7 Å². The smallest absolute Gasteiger partial charge is 0.506 e. The van der Waals surface area contributed by atoms with E-state index in [1.54, 1.807) is 6.07 Å².